The van der Waals surface area contributed by atoms with Crippen molar-refractivity contribution in [2.75, 3.05) is 19.0 Å². The van der Waals surface area contributed by atoms with E-state index >= 15 is 0 Å². The summed E-state index contributed by atoms with van der Waals surface area (Å²) in [5.41, 5.74) is 0. The Morgan fingerprint density at radius 2 is 2.26 bits per heavy atom. The van der Waals surface area contributed by atoms with Crippen LogP contribution in [0, 0.1) is 5.92 Å². The van der Waals surface area contributed by atoms with Crippen LogP contribution in [0.2, 0.25) is 0 Å². The van der Waals surface area contributed by atoms with Crippen LogP contribution in [0.5, 0.6) is 5.75 Å². The smallest absolute Gasteiger partial charge is 0.133 e. The number of nitrogens with zero attached hydrogens (tertiary/aromatic N) is 1. The second-order valence-corrected chi connectivity index (χ2v) is 5.03. The van der Waals surface area contributed by atoms with Crippen LogP contribution in [-0.4, -0.2) is 29.8 Å². The highest BCUT2D eigenvalue weighted by molar-refractivity contribution is 5.92. The summed E-state index contributed by atoms with van der Waals surface area (Å²) in [7, 11) is 1.66. The van der Waals surface area contributed by atoms with Crippen LogP contribution in [0.4, 0.5) is 5.82 Å². The number of aliphatic hydroxyl groups excluding tert-OH is 1. The van der Waals surface area contributed by atoms with E-state index in [4.69, 9.17) is 4.74 Å². The van der Waals surface area contributed by atoms with Crippen LogP contribution in [0.3, 0.4) is 0 Å². The standard InChI is InChI=1S/C15H18N2O2/c1-19-12-4-5-13-11(8-12)6-7-16-15(13)17-9-14(18)10-2-3-10/h4-8,10,14,18H,2-3,9H2,1H3,(H,16,17). The first-order valence-corrected chi connectivity index (χ1v) is 6.62. The summed E-state index contributed by atoms with van der Waals surface area (Å²) in [6, 6.07) is 7.86. The number of nitrogens with one attached hydrogen (secondary N) is 1. The third-order valence-corrected chi connectivity index (χ3v) is 3.62. The number of rotatable bonds is 5. The molecule has 1 fully saturated rings. The van der Waals surface area contributed by atoms with Crippen molar-refractivity contribution >= 4 is 16.6 Å². The normalized spacial score (nSPS) is 16.3. The first-order chi connectivity index (χ1) is 9.28. The van der Waals surface area contributed by atoms with Crippen LogP contribution >= 0.6 is 0 Å². The summed E-state index contributed by atoms with van der Waals surface area (Å²) in [4.78, 5) is 4.35. The third kappa shape index (κ3) is 2.63. The maximum atomic E-state index is 9.89. The van der Waals surface area contributed by atoms with Gasteiger partial charge in [0.25, 0.3) is 0 Å². The number of methoxy groups -OCH3 is 1. The van der Waals surface area contributed by atoms with Crippen LogP contribution in [0.25, 0.3) is 10.8 Å². The second-order valence-electron chi connectivity index (χ2n) is 5.03. The summed E-state index contributed by atoms with van der Waals surface area (Å²) >= 11 is 0. The van der Waals surface area contributed by atoms with Gasteiger partial charge in [0.1, 0.15) is 11.6 Å². The molecule has 4 heteroatoms. The molecule has 0 saturated heterocycles. The molecule has 2 aromatic rings. The number of benzene rings is 1. The van der Waals surface area contributed by atoms with Gasteiger partial charge >= 0.3 is 0 Å². The highest BCUT2D eigenvalue weighted by Gasteiger charge is 2.29. The van der Waals surface area contributed by atoms with Gasteiger partial charge in [0, 0.05) is 18.1 Å². The zero-order valence-electron chi connectivity index (χ0n) is 11.0. The molecule has 1 unspecified atom stereocenters. The Hall–Kier alpha value is -1.81. The van der Waals surface area contributed by atoms with Crippen LogP contribution in [-0.2, 0) is 0 Å². The highest BCUT2D eigenvalue weighted by atomic mass is 16.5. The minimum absolute atomic E-state index is 0.268. The Labute approximate surface area is 112 Å². The van der Waals surface area contributed by atoms with Crippen LogP contribution in [0.1, 0.15) is 12.8 Å². The summed E-state index contributed by atoms with van der Waals surface area (Å²) in [5, 5.41) is 15.3. The number of fused-ring (bicyclic) bond motifs is 1. The van der Waals surface area contributed by atoms with Crippen molar-refractivity contribution in [1.82, 2.24) is 4.98 Å². The van der Waals surface area contributed by atoms with Gasteiger partial charge in [-0.2, -0.15) is 0 Å². The Morgan fingerprint density at radius 1 is 1.42 bits per heavy atom. The summed E-state index contributed by atoms with van der Waals surface area (Å²) < 4.78 is 5.22. The minimum Gasteiger partial charge on any atom is -0.497 e. The van der Waals surface area contributed by atoms with Crippen LogP contribution < -0.4 is 10.1 Å². The van der Waals surface area contributed by atoms with Gasteiger partial charge in [-0.25, -0.2) is 4.98 Å². The van der Waals surface area contributed by atoms with Gasteiger partial charge < -0.3 is 15.2 Å². The molecule has 1 aromatic carbocycles. The number of hydrogen-bond acceptors (Lipinski definition) is 4. The highest BCUT2D eigenvalue weighted by Crippen LogP contribution is 2.33. The lowest BCUT2D eigenvalue weighted by molar-refractivity contribution is 0.164. The molecule has 19 heavy (non-hydrogen) atoms. The van der Waals surface area contributed by atoms with Crippen molar-refractivity contribution in [3.8, 4) is 5.75 Å². The van der Waals surface area contributed by atoms with E-state index < -0.39 is 0 Å². The summed E-state index contributed by atoms with van der Waals surface area (Å²) in [5.74, 6) is 2.13. The molecule has 100 valence electrons. The maximum absolute atomic E-state index is 9.89. The molecule has 0 radical (unpaired) electrons. The largest absolute Gasteiger partial charge is 0.497 e. The fourth-order valence-corrected chi connectivity index (χ4v) is 2.27. The lowest BCUT2D eigenvalue weighted by Gasteiger charge is -2.13. The van der Waals surface area contributed by atoms with Gasteiger partial charge in [-0.3, -0.25) is 0 Å². The first kappa shape index (κ1) is 12.2. The zero-order valence-corrected chi connectivity index (χ0v) is 11.0. The van der Waals surface area contributed by atoms with Gasteiger partial charge in [-0.05, 0) is 48.4 Å². The minimum atomic E-state index is -0.268. The van der Waals surface area contributed by atoms with E-state index in [9.17, 15) is 5.11 Å². The SMILES string of the molecule is COc1ccc2c(NCC(O)C3CC3)nccc2c1. The van der Waals surface area contributed by atoms with Gasteiger partial charge in [-0.1, -0.05) is 0 Å². The first-order valence-electron chi connectivity index (χ1n) is 6.62. The molecule has 4 nitrogen and oxygen atoms in total. The molecule has 0 bridgehead atoms. The van der Waals surface area contributed by atoms with Gasteiger partial charge in [0.05, 0.1) is 13.2 Å². The molecule has 0 amide bonds. The lowest BCUT2D eigenvalue weighted by atomic mass is 10.1. The number of ether oxygens (including phenoxy) is 1. The molecule has 0 aliphatic heterocycles. The number of pyridine rings is 1. The predicted molar refractivity (Wildman–Crippen MR) is 75.5 cm³/mol. The number of anilines is 1. The average molecular weight is 258 g/mol. The topological polar surface area (TPSA) is 54.4 Å². The van der Waals surface area contributed by atoms with Crippen molar-refractivity contribution in [2.45, 2.75) is 18.9 Å². The monoisotopic (exact) mass is 258 g/mol. The van der Waals surface area contributed by atoms with Crippen molar-refractivity contribution in [3.05, 3.63) is 30.5 Å². The molecular weight excluding hydrogens is 240 g/mol. The van der Waals surface area contributed by atoms with E-state index in [0.29, 0.717) is 12.5 Å². The lowest BCUT2D eigenvalue weighted by Crippen LogP contribution is -2.21. The molecule has 0 spiro atoms. The number of hydrogen-bond donors (Lipinski definition) is 2. The fraction of sp³-hybridized carbons (Fsp3) is 0.400. The van der Waals surface area contributed by atoms with Gasteiger partial charge in [0.15, 0.2) is 0 Å². The van der Waals surface area contributed by atoms with E-state index in [2.05, 4.69) is 10.3 Å². The molecule has 1 saturated carbocycles. The molecular formula is C15H18N2O2. The fourth-order valence-electron chi connectivity index (χ4n) is 2.27. The Morgan fingerprint density at radius 3 is 3.00 bits per heavy atom. The maximum Gasteiger partial charge on any atom is 0.133 e. The number of aromatic nitrogens is 1. The molecule has 1 aromatic heterocycles. The van der Waals surface area contributed by atoms with Gasteiger partial charge in [0.2, 0.25) is 0 Å². The summed E-state index contributed by atoms with van der Waals surface area (Å²) in [6.45, 7) is 0.558. The van der Waals surface area contributed by atoms with E-state index in [1.165, 1.54) is 0 Å². The average Bonchev–Trinajstić information content (AvgIpc) is 3.28. The van der Waals surface area contributed by atoms with Crippen LogP contribution in [0.15, 0.2) is 30.5 Å². The van der Waals surface area contributed by atoms with E-state index in [1.54, 1.807) is 13.3 Å². The quantitative estimate of drug-likeness (QED) is 0.865. The Balaban J connectivity index is 1.82. The van der Waals surface area contributed by atoms with Crippen molar-refractivity contribution in [3.63, 3.8) is 0 Å². The van der Waals surface area contributed by atoms with Gasteiger partial charge in [-0.15, -0.1) is 0 Å². The van der Waals surface area contributed by atoms with E-state index in [1.807, 2.05) is 24.3 Å². The van der Waals surface area contributed by atoms with Crippen molar-refractivity contribution in [1.29, 1.82) is 0 Å². The van der Waals surface area contributed by atoms with E-state index in [0.717, 1.165) is 35.2 Å². The molecule has 1 heterocycles. The predicted octanol–water partition coefficient (Wildman–Crippen LogP) is 2.43. The number of aliphatic hydroxyl groups is 1. The molecule has 2 N–H and O–H groups in total. The molecule has 1 aliphatic carbocycles. The summed E-state index contributed by atoms with van der Waals surface area (Å²) in [6.07, 6.45) is 3.79. The Bertz CT molecular complexity index is 581. The van der Waals surface area contributed by atoms with Crippen molar-refractivity contribution in [2.24, 2.45) is 5.92 Å². The van der Waals surface area contributed by atoms with Crippen molar-refractivity contribution < 1.29 is 9.84 Å². The molecule has 3 rings (SSSR count). The molecule has 1 aliphatic rings. The molecule has 1 atom stereocenters. The second kappa shape index (κ2) is 5.05. The third-order valence-electron chi connectivity index (χ3n) is 3.62. The zero-order chi connectivity index (χ0) is 13.2. The Kier molecular flexibility index (Phi) is 3.25. The van der Waals surface area contributed by atoms with E-state index in [-0.39, 0.29) is 6.10 Å².